The molecule has 1 aliphatic heterocycles. The minimum Gasteiger partial charge on any atom is -0.481 e. The Kier molecular flexibility index (Phi) is 41.1. The number of nitrogens with one attached hydrogen (secondary N) is 14. The van der Waals surface area contributed by atoms with Crippen LogP contribution in [-0.2, 0) is 107 Å². The van der Waals surface area contributed by atoms with E-state index in [4.69, 9.17) is 27.7 Å². The molecule has 26 N–H and O–H groups in total. The SMILES string of the molecule is CCC(C)CCCCCCCCC(=O)N[C@@H](Cc1c[nH]c2ccccc12)C(=O)N[C@H](CC(N)=O)C(=O)N[C@@H](CC(=O)O)C(=O)NC1C(=O)NCC(=O)N[C@@H](CCCN)C(=O)NC(CC(=O)O)C(=O)N[C@H](C)C(=O)N[C@@H](CC(=O)O)C(=O)NCC(=O)N[C@H](CC(N)=O)C(=O)NC([C@H](C)CC(=O)O)C(=O)N[C@@H](CC(=O)c2ccccc2N)C(=O)OC1C. The highest BCUT2D eigenvalue weighted by Gasteiger charge is 2.41. The number of carboxylic acids is 4. The zero-order chi connectivity index (χ0) is 89.6. The first-order valence-corrected chi connectivity index (χ1v) is 38.7. The van der Waals surface area contributed by atoms with Gasteiger partial charge >= 0.3 is 29.8 Å². The van der Waals surface area contributed by atoms with Crippen molar-refractivity contribution in [1.29, 1.82) is 0 Å². The van der Waals surface area contributed by atoms with E-state index in [1.807, 2.05) is 16.0 Å². The van der Waals surface area contributed by atoms with Gasteiger partial charge in [0.2, 0.25) is 88.6 Å². The number of aromatic amines is 1. The van der Waals surface area contributed by atoms with Gasteiger partial charge in [-0.2, -0.15) is 0 Å². The fourth-order valence-corrected chi connectivity index (χ4v) is 12.4. The number of hydrogen-bond acceptors (Lipinski definition) is 24. The summed E-state index contributed by atoms with van der Waals surface area (Å²) in [7, 11) is 0. The maximum Gasteiger partial charge on any atom is 0.329 e. The van der Waals surface area contributed by atoms with E-state index in [9.17, 15) is 121 Å². The van der Waals surface area contributed by atoms with Gasteiger partial charge < -0.3 is 122 Å². The summed E-state index contributed by atoms with van der Waals surface area (Å²) in [4.78, 5) is 290. The van der Waals surface area contributed by atoms with Crippen LogP contribution in [0.15, 0.2) is 54.7 Å². The van der Waals surface area contributed by atoms with Gasteiger partial charge in [-0.3, -0.25) is 95.9 Å². The number of nitrogen functional groups attached to an aromatic ring is 1. The summed E-state index contributed by atoms with van der Waals surface area (Å²) in [5.41, 5.74) is 23.5. The Hall–Kier alpha value is -13.2. The van der Waals surface area contributed by atoms with Gasteiger partial charge in [-0.25, -0.2) is 4.79 Å². The molecule has 0 saturated carbocycles. The van der Waals surface area contributed by atoms with Crippen LogP contribution in [0.2, 0.25) is 0 Å². The second-order valence-corrected chi connectivity index (χ2v) is 29.0. The summed E-state index contributed by atoms with van der Waals surface area (Å²) in [6.45, 7) is 4.58. The number of unbranched alkanes of at least 4 members (excludes halogenated alkanes) is 5. The average Bonchev–Trinajstić information content (AvgIpc) is 0.985. The van der Waals surface area contributed by atoms with Crippen LogP contribution in [0.3, 0.4) is 0 Å². The molecule has 0 spiro atoms. The van der Waals surface area contributed by atoms with Gasteiger partial charge in [0.05, 0.1) is 51.6 Å². The number of H-pyrrole nitrogens is 1. The predicted molar refractivity (Wildman–Crippen MR) is 421 cm³/mol. The second kappa shape index (κ2) is 49.8. The third-order valence-electron chi connectivity index (χ3n) is 19.1. The van der Waals surface area contributed by atoms with Gasteiger partial charge in [0.1, 0.15) is 72.6 Å². The number of aliphatic carboxylic acids is 4. The number of primary amides is 2. The molecule has 2 aromatic carbocycles. The number of fused-ring (bicyclic) bond motifs is 1. The number of anilines is 1. The van der Waals surface area contributed by atoms with Crippen molar-refractivity contribution in [3.63, 3.8) is 0 Å². The summed E-state index contributed by atoms with van der Waals surface area (Å²) in [5.74, 6) is -30.8. The Morgan fingerprint density at radius 3 is 1.66 bits per heavy atom. The standard InChI is InChI=1S/C76H108N18O26/c1-6-37(2)18-11-9-7-8-10-12-24-57(98)86-47(27-41-34-81-45-22-16-14-19-42(41)45)70(113)89-49(30-56(80)97)71(114)91-52(33-63(107)108)73(116)94-65-40(5)120-76(119)53(28-54(95)43-20-13-15-21-44(43)78)92-75(118)64(38(3)26-60(101)102)93-72(115)48(29-55(79)96)87-59(100)35-82-67(110)50(31-61(103)104)88-66(109)39(4)84-69(112)51(32-62(105)106)90-68(111)46(23-17-25-77)85-58(99)36-83-74(65)117/h13-16,19-22,34,37-40,46-53,64-65,81H,6-12,17-18,23-33,35-36,77-78H2,1-5H3,(H2,79,96)(H2,80,97)(H,82,110)(H,83,117)(H,84,112)(H,85,99)(H,86,98)(H,87,100)(H,88,109)(H,89,113)(H,90,111)(H,91,114)(H,92,118)(H,93,115)(H,94,116)(H,101,102)(H,103,104)(H,105,106)(H,107,108)/t37?,38-,39-,40?,46+,47+,48-,49-,50+,51?,52+,53+,64?,65?/m1/s1. The van der Waals surface area contributed by atoms with Crippen molar-refractivity contribution in [3.8, 4) is 0 Å². The molecule has 1 aromatic heterocycles. The van der Waals surface area contributed by atoms with Crippen LogP contribution in [-0.4, -0.2) is 242 Å². The van der Waals surface area contributed by atoms with Crippen molar-refractivity contribution in [1.82, 2.24) is 74.1 Å². The van der Waals surface area contributed by atoms with Gasteiger partial charge in [-0.05, 0) is 75.3 Å². The normalized spacial score (nSPS) is 21.0. The van der Waals surface area contributed by atoms with Crippen LogP contribution in [0.4, 0.5) is 5.69 Å². The molecule has 1 saturated heterocycles. The van der Waals surface area contributed by atoms with Crippen molar-refractivity contribution in [3.05, 3.63) is 65.9 Å². The van der Waals surface area contributed by atoms with Crippen LogP contribution in [0.25, 0.3) is 10.9 Å². The van der Waals surface area contributed by atoms with Crippen molar-refractivity contribution in [2.45, 2.75) is 229 Å². The molecular formula is C76H108N18O26. The zero-order valence-electron chi connectivity index (χ0n) is 66.9. The molecule has 14 atom stereocenters. The van der Waals surface area contributed by atoms with Gasteiger partial charge in [-0.15, -0.1) is 0 Å². The Morgan fingerprint density at radius 1 is 0.525 bits per heavy atom. The van der Waals surface area contributed by atoms with Crippen molar-refractivity contribution in [2.24, 2.45) is 29.0 Å². The number of cyclic esters (lactones) is 1. The number of hydrogen-bond donors (Lipinski definition) is 22. The highest BCUT2D eigenvalue weighted by molar-refractivity contribution is 6.05. The minimum absolute atomic E-state index is 0.0244. The van der Waals surface area contributed by atoms with Crippen LogP contribution in [0.1, 0.15) is 166 Å². The smallest absolute Gasteiger partial charge is 0.329 e. The number of amides is 15. The lowest BCUT2D eigenvalue weighted by atomic mass is 9.95. The summed E-state index contributed by atoms with van der Waals surface area (Å²) in [5, 5.41) is 68.5. The van der Waals surface area contributed by atoms with E-state index >= 15 is 0 Å². The van der Waals surface area contributed by atoms with Crippen LogP contribution in [0, 0.1) is 11.8 Å². The number of carbonyl (C=O) groups excluding carboxylic acids is 17. The zero-order valence-corrected chi connectivity index (χ0v) is 66.9. The molecule has 44 heteroatoms. The van der Waals surface area contributed by atoms with Crippen molar-refractivity contribution < 1.29 is 126 Å². The molecule has 0 radical (unpaired) electrons. The van der Waals surface area contributed by atoms with Crippen LogP contribution < -0.4 is 92.1 Å². The summed E-state index contributed by atoms with van der Waals surface area (Å²) in [6.07, 6.45) is -2.45. The third-order valence-corrected chi connectivity index (χ3v) is 19.1. The Balaban J connectivity index is 1.88. The van der Waals surface area contributed by atoms with E-state index in [-0.39, 0.29) is 37.1 Å². The summed E-state index contributed by atoms with van der Waals surface area (Å²) >= 11 is 0. The van der Waals surface area contributed by atoms with Gasteiger partial charge in [0.15, 0.2) is 5.78 Å². The Morgan fingerprint density at radius 2 is 1.06 bits per heavy atom. The maximum atomic E-state index is 14.9. The van der Waals surface area contributed by atoms with E-state index in [1.54, 1.807) is 30.5 Å². The number of esters is 1. The third kappa shape index (κ3) is 34.5. The van der Waals surface area contributed by atoms with Gasteiger partial charge in [-0.1, -0.05) is 96.0 Å². The van der Waals surface area contributed by atoms with E-state index in [0.29, 0.717) is 35.2 Å². The lowest BCUT2D eigenvalue weighted by Crippen LogP contribution is -2.62. The molecule has 3 aromatic rings. The number of rotatable bonds is 38. The molecule has 1 aliphatic rings. The number of para-hydroxylation sites is 2. The molecule has 15 amide bonds. The molecule has 120 heavy (non-hydrogen) atoms. The number of ether oxygens (including phenoxy) is 1. The fraction of sp³-hybridized carbons (Fsp3) is 0.539. The van der Waals surface area contributed by atoms with Gasteiger partial charge in [0.25, 0.3) is 0 Å². The Labute approximate surface area is 687 Å². The van der Waals surface area contributed by atoms with E-state index in [0.717, 1.165) is 59.3 Å². The summed E-state index contributed by atoms with van der Waals surface area (Å²) < 4.78 is 5.70. The van der Waals surface area contributed by atoms with Crippen LogP contribution >= 0.6 is 0 Å². The number of carboxylic acid groups (broad SMARTS) is 4. The first-order chi connectivity index (χ1) is 56.6. The molecular weight excluding hydrogens is 1580 g/mol. The highest BCUT2D eigenvalue weighted by Crippen LogP contribution is 2.22. The second-order valence-electron chi connectivity index (χ2n) is 29.0. The van der Waals surface area contributed by atoms with E-state index < -0.39 is 267 Å². The minimum atomic E-state index is -2.47. The topological polar surface area (TPSA) is 725 Å². The Bertz CT molecular complexity index is 4230. The van der Waals surface area contributed by atoms with Crippen molar-refractivity contribution >= 4 is 141 Å². The summed E-state index contributed by atoms with van der Waals surface area (Å²) in [6, 6.07) is -10.8. The largest absolute Gasteiger partial charge is 0.481 e. The number of Topliss-reactive ketones (excluding diaryl/α,β-unsaturated/α-hetero) is 1. The molecule has 0 aliphatic carbocycles. The predicted octanol–water partition coefficient (Wildman–Crippen LogP) is -4.71. The number of carbonyl (C=O) groups is 21. The quantitative estimate of drug-likeness (QED) is 0.0111. The lowest BCUT2D eigenvalue weighted by molar-refractivity contribution is -0.156. The molecule has 4 rings (SSSR count). The molecule has 2 heterocycles. The number of ketones is 1. The maximum absolute atomic E-state index is 14.9. The average molecular weight is 1690 g/mol. The fourth-order valence-electron chi connectivity index (χ4n) is 12.4. The van der Waals surface area contributed by atoms with Crippen molar-refractivity contribution in [2.75, 3.05) is 25.4 Å². The number of benzene rings is 2. The number of aromatic nitrogens is 1. The lowest BCUT2D eigenvalue weighted by Gasteiger charge is -2.30. The monoisotopic (exact) mass is 1690 g/mol. The highest BCUT2D eigenvalue weighted by atomic mass is 16.5. The molecule has 1 fully saturated rings. The van der Waals surface area contributed by atoms with Crippen LogP contribution in [0.5, 0.6) is 0 Å². The molecule has 5 unspecified atom stereocenters. The molecule has 44 nitrogen and oxygen atoms in total. The first-order valence-electron chi connectivity index (χ1n) is 38.7. The first kappa shape index (κ1) is 99.2. The van der Waals surface area contributed by atoms with Gasteiger partial charge in [0, 0.05) is 47.6 Å². The van der Waals surface area contributed by atoms with E-state index in [2.05, 4.69) is 72.0 Å². The molecule has 658 valence electrons. The number of nitrogens with two attached hydrogens (primary N) is 4. The van der Waals surface area contributed by atoms with E-state index in [1.165, 1.54) is 24.3 Å². The molecule has 0 bridgehead atoms.